The van der Waals surface area contributed by atoms with E-state index >= 15 is 0 Å². The average molecular weight is 255 g/mol. The lowest BCUT2D eigenvalue weighted by Crippen LogP contribution is -2.46. The van der Waals surface area contributed by atoms with Crippen LogP contribution in [0.4, 0.5) is 5.69 Å². The van der Waals surface area contributed by atoms with Gasteiger partial charge in [0.15, 0.2) is 0 Å². The molecule has 1 saturated heterocycles. The molecule has 1 aliphatic rings. The van der Waals surface area contributed by atoms with Crippen LogP contribution >= 0.6 is 11.6 Å². The number of carbonyl (C=O) groups is 1. The first kappa shape index (κ1) is 12.3. The van der Waals surface area contributed by atoms with Crippen molar-refractivity contribution in [2.24, 2.45) is 0 Å². The molecule has 6 heteroatoms. The molecule has 0 bridgehead atoms. The second-order valence-electron chi connectivity index (χ2n) is 3.94. The normalized spacial score (nSPS) is 16.8. The summed E-state index contributed by atoms with van der Waals surface area (Å²) >= 11 is 5.74. The van der Waals surface area contributed by atoms with Crippen LogP contribution in [0, 0.1) is 0 Å². The standard InChI is InChI=1S/C11H15ClN4O/c12-10-7-9(1-2-14-10)15-11(17)8-16-5-3-13-4-6-16/h1-2,7,13H,3-6,8H2,(H,14,15,17). The summed E-state index contributed by atoms with van der Waals surface area (Å²) in [4.78, 5) is 17.7. The van der Waals surface area contributed by atoms with E-state index in [2.05, 4.69) is 20.5 Å². The molecular weight excluding hydrogens is 240 g/mol. The van der Waals surface area contributed by atoms with E-state index < -0.39 is 0 Å². The first-order valence-corrected chi connectivity index (χ1v) is 5.96. The zero-order valence-electron chi connectivity index (χ0n) is 9.45. The van der Waals surface area contributed by atoms with E-state index in [1.807, 2.05) is 0 Å². The van der Waals surface area contributed by atoms with Crippen LogP contribution in [0.25, 0.3) is 0 Å². The van der Waals surface area contributed by atoms with Crippen molar-refractivity contribution in [3.8, 4) is 0 Å². The third-order valence-corrected chi connectivity index (χ3v) is 2.79. The van der Waals surface area contributed by atoms with E-state index in [0.29, 0.717) is 17.4 Å². The lowest BCUT2D eigenvalue weighted by Gasteiger charge is -2.26. The predicted molar refractivity (Wildman–Crippen MR) is 67.2 cm³/mol. The van der Waals surface area contributed by atoms with E-state index in [4.69, 9.17) is 11.6 Å². The lowest BCUT2D eigenvalue weighted by molar-refractivity contribution is -0.117. The van der Waals surface area contributed by atoms with E-state index in [-0.39, 0.29) is 5.91 Å². The van der Waals surface area contributed by atoms with Gasteiger partial charge in [0, 0.05) is 38.1 Å². The molecule has 1 aliphatic heterocycles. The Labute approximate surface area is 105 Å². The van der Waals surface area contributed by atoms with Crippen molar-refractivity contribution in [3.05, 3.63) is 23.5 Å². The number of halogens is 1. The summed E-state index contributed by atoms with van der Waals surface area (Å²) in [6, 6.07) is 3.36. The molecule has 0 radical (unpaired) electrons. The van der Waals surface area contributed by atoms with E-state index in [0.717, 1.165) is 26.2 Å². The lowest BCUT2D eigenvalue weighted by atomic mass is 10.3. The smallest absolute Gasteiger partial charge is 0.238 e. The summed E-state index contributed by atoms with van der Waals surface area (Å²) < 4.78 is 0. The number of aromatic nitrogens is 1. The van der Waals surface area contributed by atoms with Crippen LogP contribution in [0.15, 0.2) is 18.3 Å². The number of rotatable bonds is 3. The summed E-state index contributed by atoms with van der Waals surface area (Å²) in [7, 11) is 0. The van der Waals surface area contributed by atoms with Crippen LogP contribution in [0.3, 0.4) is 0 Å². The first-order chi connectivity index (χ1) is 8.24. The van der Waals surface area contributed by atoms with Crippen LogP contribution in [-0.2, 0) is 4.79 Å². The third-order valence-electron chi connectivity index (χ3n) is 2.59. The highest BCUT2D eigenvalue weighted by Crippen LogP contribution is 2.11. The van der Waals surface area contributed by atoms with Crippen LogP contribution in [0.5, 0.6) is 0 Å². The van der Waals surface area contributed by atoms with Crippen LogP contribution in [0.2, 0.25) is 5.15 Å². The first-order valence-electron chi connectivity index (χ1n) is 5.58. The fraction of sp³-hybridized carbons (Fsp3) is 0.455. The van der Waals surface area contributed by atoms with E-state index in [1.54, 1.807) is 18.3 Å². The fourth-order valence-electron chi connectivity index (χ4n) is 1.75. The summed E-state index contributed by atoms with van der Waals surface area (Å²) in [5.41, 5.74) is 0.685. The van der Waals surface area contributed by atoms with Gasteiger partial charge >= 0.3 is 0 Å². The molecule has 1 aromatic rings. The molecule has 5 nitrogen and oxygen atoms in total. The minimum Gasteiger partial charge on any atom is -0.325 e. The Balaban J connectivity index is 1.84. The Morgan fingerprint density at radius 3 is 3.00 bits per heavy atom. The van der Waals surface area contributed by atoms with Gasteiger partial charge in [-0.2, -0.15) is 0 Å². The molecule has 0 atom stereocenters. The molecule has 0 saturated carbocycles. The van der Waals surface area contributed by atoms with Gasteiger partial charge in [-0.25, -0.2) is 4.98 Å². The highest BCUT2D eigenvalue weighted by molar-refractivity contribution is 6.29. The number of piperazine rings is 1. The van der Waals surface area contributed by atoms with Gasteiger partial charge in [0.25, 0.3) is 0 Å². The Kier molecular flexibility index (Phi) is 4.30. The zero-order chi connectivity index (χ0) is 12.1. The number of hydrogen-bond donors (Lipinski definition) is 2. The van der Waals surface area contributed by atoms with Crippen molar-refractivity contribution in [1.29, 1.82) is 0 Å². The van der Waals surface area contributed by atoms with Gasteiger partial charge in [0.2, 0.25) is 5.91 Å². The molecule has 1 aromatic heterocycles. The number of amides is 1. The molecule has 1 fully saturated rings. The number of anilines is 1. The summed E-state index contributed by atoms with van der Waals surface area (Å²) in [5, 5.41) is 6.43. The van der Waals surface area contributed by atoms with Crippen LogP contribution in [0.1, 0.15) is 0 Å². The van der Waals surface area contributed by atoms with E-state index in [1.165, 1.54) is 0 Å². The zero-order valence-corrected chi connectivity index (χ0v) is 10.2. The summed E-state index contributed by atoms with van der Waals surface area (Å²) in [5.74, 6) is -0.0193. The maximum atomic E-state index is 11.8. The maximum Gasteiger partial charge on any atom is 0.238 e. The van der Waals surface area contributed by atoms with Crippen LogP contribution in [-0.4, -0.2) is 48.5 Å². The molecule has 0 unspecified atom stereocenters. The van der Waals surface area contributed by atoms with Crippen molar-refractivity contribution >= 4 is 23.2 Å². The van der Waals surface area contributed by atoms with Gasteiger partial charge < -0.3 is 10.6 Å². The topological polar surface area (TPSA) is 57.3 Å². The van der Waals surface area contributed by atoms with Gasteiger partial charge in [-0.15, -0.1) is 0 Å². The number of pyridine rings is 1. The molecule has 92 valence electrons. The minimum absolute atomic E-state index is 0.0193. The molecule has 0 aromatic carbocycles. The average Bonchev–Trinajstić information content (AvgIpc) is 2.30. The second-order valence-corrected chi connectivity index (χ2v) is 4.33. The molecule has 0 spiro atoms. The van der Waals surface area contributed by atoms with Crippen molar-refractivity contribution in [2.75, 3.05) is 38.0 Å². The van der Waals surface area contributed by atoms with Gasteiger partial charge in [0.1, 0.15) is 5.15 Å². The maximum absolute atomic E-state index is 11.8. The van der Waals surface area contributed by atoms with E-state index in [9.17, 15) is 4.79 Å². The summed E-state index contributed by atoms with van der Waals surface area (Å²) in [6.45, 7) is 4.11. The predicted octanol–water partition coefficient (Wildman–Crippen LogP) is 0.579. The minimum atomic E-state index is -0.0193. The number of hydrogen-bond acceptors (Lipinski definition) is 4. The molecule has 2 N–H and O–H groups in total. The number of nitrogens with zero attached hydrogens (tertiary/aromatic N) is 2. The van der Waals surface area contributed by atoms with Crippen molar-refractivity contribution in [2.45, 2.75) is 0 Å². The SMILES string of the molecule is O=C(CN1CCNCC1)Nc1ccnc(Cl)c1. The highest BCUT2D eigenvalue weighted by atomic mass is 35.5. The molecule has 0 aliphatic carbocycles. The monoisotopic (exact) mass is 254 g/mol. The summed E-state index contributed by atoms with van der Waals surface area (Å²) in [6.07, 6.45) is 1.57. The molecule has 17 heavy (non-hydrogen) atoms. The second kappa shape index (κ2) is 5.95. The fourth-order valence-corrected chi connectivity index (χ4v) is 1.93. The Morgan fingerprint density at radius 2 is 2.29 bits per heavy atom. The van der Waals surface area contributed by atoms with Gasteiger partial charge in [-0.05, 0) is 12.1 Å². The van der Waals surface area contributed by atoms with Gasteiger partial charge in [-0.3, -0.25) is 9.69 Å². The molecular formula is C11H15ClN4O. The quantitative estimate of drug-likeness (QED) is 0.775. The molecule has 2 rings (SSSR count). The van der Waals surface area contributed by atoms with Gasteiger partial charge in [0.05, 0.1) is 6.54 Å². The largest absolute Gasteiger partial charge is 0.325 e. The van der Waals surface area contributed by atoms with Crippen molar-refractivity contribution in [3.63, 3.8) is 0 Å². The Morgan fingerprint density at radius 1 is 1.53 bits per heavy atom. The van der Waals surface area contributed by atoms with Crippen molar-refractivity contribution in [1.82, 2.24) is 15.2 Å². The third kappa shape index (κ3) is 3.96. The number of carbonyl (C=O) groups excluding carboxylic acids is 1. The highest BCUT2D eigenvalue weighted by Gasteiger charge is 2.13. The van der Waals surface area contributed by atoms with Gasteiger partial charge in [-0.1, -0.05) is 11.6 Å². The molecule has 2 heterocycles. The van der Waals surface area contributed by atoms with Crippen molar-refractivity contribution < 1.29 is 4.79 Å². The molecule has 1 amide bonds. The Hall–Kier alpha value is -1.17. The Bertz CT molecular complexity index is 393. The number of nitrogens with one attached hydrogen (secondary N) is 2. The van der Waals surface area contributed by atoms with Crippen LogP contribution < -0.4 is 10.6 Å².